The molecule has 0 radical (unpaired) electrons. The molecule has 21 heavy (non-hydrogen) atoms. The normalized spacial score (nSPS) is 21.1. The van der Waals surface area contributed by atoms with Gasteiger partial charge in [0, 0.05) is 36.6 Å². The van der Waals surface area contributed by atoms with Crippen LogP contribution < -0.4 is 15.8 Å². The molecule has 1 aromatic rings. The molecule has 1 heterocycles. The van der Waals surface area contributed by atoms with E-state index in [-0.39, 0.29) is 11.8 Å². The number of hydrogen-bond donors (Lipinski definition) is 1. The van der Waals surface area contributed by atoms with E-state index in [4.69, 9.17) is 10.5 Å². The summed E-state index contributed by atoms with van der Waals surface area (Å²) in [7, 11) is -0.884. The largest absolute Gasteiger partial charge is 0.495 e. The van der Waals surface area contributed by atoms with Crippen LogP contribution in [-0.4, -0.2) is 43.3 Å². The minimum absolute atomic E-state index is 0.235. The third-order valence-corrected chi connectivity index (χ3v) is 7.45. The van der Waals surface area contributed by atoms with Crippen LogP contribution in [-0.2, 0) is 9.36 Å². The average molecular weight is 308 g/mol. The number of nitrogens with two attached hydrogens (primary N) is 1. The second-order valence-corrected chi connectivity index (χ2v) is 9.05. The number of rotatable bonds is 3. The molecule has 1 amide bonds. The highest BCUT2D eigenvalue weighted by Gasteiger charge is 2.38. The van der Waals surface area contributed by atoms with E-state index < -0.39 is 7.14 Å². The standard InChI is InChI=1S/C15H21N2O3P/c1-20-14-10-12(4-5-13(14)16)21(19)8-6-17(7-9-21)15(18)11-2-3-11/h4-5,10-11H,2-3,6-9,16H2,1H3. The van der Waals surface area contributed by atoms with Crippen molar-refractivity contribution in [1.29, 1.82) is 0 Å². The lowest BCUT2D eigenvalue weighted by Crippen LogP contribution is -2.41. The van der Waals surface area contributed by atoms with Crippen LogP contribution in [0.2, 0.25) is 0 Å². The zero-order valence-corrected chi connectivity index (χ0v) is 13.1. The molecule has 0 unspecified atom stereocenters. The molecule has 0 spiro atoms. The van der Waals surface area contributed by atoms with Gasteiger partial charge in [0.15, 0.2) is 0 Å². The Morgan fingerprint density at radius 1 is 1.33 bits per heavy atom. The van der Waals surface area contributed by atoms with Crippen LogP contribution in [0.1, 0.15) is 12.8 Å². The number of amides is 1. The predicted molar refractivity (Wildman–Crippen MR) is 83.7 cm³/mol. The third-order valence-electron chi connectivity index (χ3n) is 4.39. The van der Waals surface area contributed by atoms with Gasteiger partial charge in [0.2, 0.25) is 5.91 Å². The minimum atomic E-state index is -2.44. The smallest absolute Gasteiger partial charge is 0.225 e. The quantitative estimate of drug-likeness (QED) is 0.679. The molecule has 1 aliphatic heterocycles. The van der Waals surface area contributed by atoms with Crippen molar-refractivity contribution < 1.29 is 14.1 Å². The van der Waals surface area contributed by atoms with Crippen molar-refractivity contribution in [1.82, 2.24) is 4.90 Å². The van der Waals surface area contributed by atoms with Gasteiger partial charge < -0.3 is 19.9 Å². The summed E-state index contributed by atoms with van der Waals surface area (Å²) in [6, 6.07) is 5.36. The molecular weight excluding hydrogens is 287 g/mol. The maximum Gasteiger partial charge on any atom is 0.225 e. The predicted octanol–water partition coefficient (Wildman–Crippen LogP) is 1.52. The fourth-order valence-electron chi connectivity index (χ4n) is 2.81. The maximum absolute atomic E-state index is 13.1. The maximum atomic E-state index is 13.1. The lowest BCUT2D eigenvalue weighted by Gasteiger charge is -2.32. The number of ether oxygens (including phenoxy) is 1. The number of carbonyl (C=O) groups excluding carboxylic acids is 1. The summed E-state index contributed by atoms with van der Waals surface area (Å²) < 4.78 is 18.3. The molecule has 2 fully saturated rings. The van der Waals surface area contributed by atoms with E-state index in [2.05, 4.69) is 0 Å². The zero-order valence-electron chi connectivity index (χ0n) is 12.2. The van der Waals surface area contributed by atoms with Crippen molar-refractivity contribution in [3.63, 3.8) is 0 Å². The Labute approximate surface area is 124 Å². The minimum Gasteiger partial charge on any atom is -0.495 e. The van der Waals surface area contributed by atoms with E-state index in [1.54, 1.807) is 19.2 Å². The molecule has 114 valence electrons. The molecule has 5 nitrogen and oxygen atoms in total. The van der Waals surface area contributed by atoms with Crippen LogP contribution in [0, 0.1) is 5.92 Å². The summed E-state index contributed by atoms with van der Waals surface area (Å²) in [5.74, 6) is 1.05. The number of nitrogen functional groups attached to an aromatic ring is 1. The monoisotopic (exact) mass is 308 g/mol. The van der Waals surface area contributed by atoms with Crippen molar-refractivity contribution in [2.75, 3.05) is 38.3 Å². The Bertz CT molecular complexity index is 601. The molecule has 0 bridgehead atoms. The first-order valence-electron chi connectivity index (χ1n) is 7.34. The van der Waals surface area contributed by atoms with E-state index in [1.807, 2.05) is 11.0 Å². The summed E-state index contributed by atoms with van der Waals surface area (Å²) in [6.07, 6.45) is 3.14. The van der Waals surface area contributed by atoms with Gasteiger partial charge in [0.25, 0.3) is 0 Å². The molecule has 1 saturated carbocycles. The molecule has 2 N–H and O–H groups in total. The molecule has 1 saturated heterocycles. The lowest BCUT2D eigenvalue weighted by molar-refractivity contribution is -0.132. The number of carbonyl (C=O) groups is 1. The summed E-state index contributed by atoms with van der Waals surface area (Å²) in [5.41, 5.74) is 6.36. The molecule has 2 aliphatic rings. The Morgan fingerprint density at radius 3 is 2.57 bits per heavy atom. The van der Waals surface area contributed by atoms with Crippen LogP contribution >= 0.6 is 7.14 Å². The first-order valence-corrected chi connectivity index (χ1v) is 9.42. The van der Waals surface area contributed by atoms with E-state index >= 15 is 0 Å². The van der Waals surface area contributed by atoms with E-state index in [0.29, 0.717) is 36.9 Å². The Hall–Kier alpha value is -1.48. The Balaban J connectivity index is 1.74. The number of hydrogen-bond acceptors (Lipinski definition) is 4. The lowest BCUT2D eigenvalue weighted by atomic mass is 10.3. The second-order valence-electron chi connectivity index (χ2n) is 5.86. The summed E-state index contributed by atoms with van der Waals surface area (Å²) >= 11 is 0. The van der Waals surface area contributed by atoms with Crippen LogP contribution in [0.15, 0.2) is 18.2 Å². The highest BCUT2D eigenvalue weighted by molar-refractivity contribution is 7.71. The number of methoxy groups -OCH3 is 1. The first-order chi connectivity index (χ1) is 10.0. The number of anilines is 1. The first kappa shape index (κ1) is 14.5. The van der Waals surface area contributed by atoms with Crippen LogP contribution in [0.4, 0.5) is 5.69 Å². The van der Waals surface area contributed by atoms with Gasteiger partial charge in [0.1, 0.15) is 12.9 Å². The molecular formula is C15H21N2O3P. The fourth-order valence-corrected chi connectivity index (χ4v) is 5.38. The van der Waals surface area contributed by atoms with Crippen molar-refractivity contribution in [3.8, 4) is 5.75 Å². The molecule has 0 atom stereocenters. The van der Waals surface area contributed by atoms with E-state index in [0.717, 1.165) is 18.1 Å². The van der Waals surface area contributed by atoms with Crippen molar-refractivity contribution in [2.45, 2.75) is 12.8 Å². The van der Waals surface area contributed by atoms with Gasteiger partial charge in [0.05, 0.1) is 12.8 Å². The SMILES string of the molecule is COc1cc(P2(=O)CCN(C(=O)C3CC3)CC2)ccc1N. The van der Waals surface area contributed by atoms with Gasteiger partial charge in [-0.2, -0.15) is 0 Å². The van der Waals surface area contributed by atoms with Crippen LogP contribution in [0.5, 0.6) is 5.75 Å². The molecule has 6 heteroatoms. The second kappa shape index (κ2) is 5.38. The van der Waals surface area contributed by atoms with Gasteiger partial charge in [-0.05, 0) is 31.0 Å². The average Bonchev–Trinajstić information content (AvgIpc) is 3.32. The molecule has 1 aliphatic carbocycles. The Morgan fingerprint density at radius 2 is 2.00 bits per heavy atom. The van der Waals surface area contributed by atoms with Crippen molar-refractivity contribution >= 4 is 24.0 Å². The number of nitrogens with zero attached hydrogens (tertiary/aromatic N) is 1. The third kappa shape index (κ3) is 2.80. The van der Waals surface area contributed by atoms with Gasteiger partial charge in [-0.3, -0.25) is 4.79 Å². The summed E-state index contributed by atoms with van der Waals surface area (Å²) in [4.78, 5) is 13.9. The summed E-state index contributed by atoms with van der Waals surface area (Å²) in [6.45, 7) is 1.19. The topological polar surface area (TPSA) is 72.6 Å². The molecule has 0 aromatic heterocycles. The van der Waals surface area contributed by atoms with Gasteiger partial charge in [-0.15, -0.1) is 0 Å². The highest BCUT2D eigenvalue weighted by atomic mass is 31.2. The van der Waals surface area contributed by atoms with Gasteiger partial charge in [-0.1, -0.05) is 0 Å². The number of benzene rings is 1. The van der Waals surface area contributed by atoms with Crippen LogP contribution in [0.25, 0.3) is 0 Å². The zero-order chi connectivity index (χ0) is 15.0. The van der Waals surface area contributed by atoms with Crippen molar-refractivity contribution in [2.24, 2.45) is 5.92 Å². The molecule has 3 rings (SSSR count). The summed E-state index contributed by atoms with van der Waals surface area (Å²) in [5, 5.41) is 0.812. The highest BCUT2D eigenvalue weighted by Crippen LogP contribution is 2.47. The van der Waals surface area contributed by atoms with Gasteiger partial charge >= 0.3 is 0 Å². The van der Waals surface area contributed by atoms with Crippen molar-refractivity contribution in [3.05, 3.63) is 18.2 Å². The van der Waals surface area contributed by atoms with Gasteiger partial charge in [-0.25, -0.2) is 0 Å². The fraction of sp³-hybridized carbons (Fsp3) is 0.533. The van der Waals surface area contributed by atoms with E-state index in [1.165, 1.54) is 0 Å². The van der Waals surface area contributed by atoms with Crippen LogP contribution in [0.3, 0.4) is 0 Å². The molecule has 1 aromatic carbocycles. The Kier molecular flexibility index (Phi) is 3.70. The van der Waals surface area contributed by atoms with E-state index in [9.17, 15) is 9.36 Å².